The van der Waals surface area contributed by atoms with Gasteiger partial charge in [-0.25, -0.2) is 4.79 Å². The highest BCUT2D eigenvalue weighted by Gasteiger charge is 2.29. The van der Waals surface area contributed by atoms with Gasteiger partial charge in [-0.3, -0.25) is 4.90 Å². The van der Waals surface area contributed by atoms with Gasteiger partial charge in [0, 0.05) is 36.6 Å². The average Bonchev–Trinajstić information content (AvgIpc) is 2.76. The first-order valence-corrected chi connectivity index (χ1v) is 11.4. The summed E-state index contributed by atoms with van der Waals surface area (Å²) in [5.74, 6) is 0.600. The smallest absolute Gasteiger partial charge is 0.324 e. The molecule has 5 nitrogen and oxygen atoms in total. The Balaban J connectivity index is 1.57. The third kappa shape index (κ3) is 4.28. The second-order valence-electron chi connectivity index (χ2n) is 8.33. The molecule has 3 N–H and O–H groups in total. The van der Waals surface area contributed by atoms with Crippen LogP contribution in [0.3, 0.4) is 0 Å². The number of nitrogens with zero attached hydrogens (tertiary/aromatic N) is 2. The van der Waals surface area contributed by atoms with Crippen molar-refractivity contribution in [3.63, 3.8) is 0 Å². The second kappa shape index (κ2) is 9.27. The molecule has 0 saturated carbocycles. The number of urea groups is 1. The van der Waals surface area contributed by atoms with Crippen LogP contribution >= 0.6 is 11.6 Å². The summed E-state index contributed by atoms with van der Waals surface area (Å²) in [6.07, 6.45) is 4.07. The molecule has 6 heteroatoms. The molecule has 2 heterocycles. The molecule has 160 valence electrons. The van der Waals surface area contributed by atoms with Crippen molar-refractivity contribution in [1.82, 2.24) is 10.2 Å². The van der Waals surface area contributed by atoms with Gasteiger partial charge >= 0.3 is 6.03 Å². The van der Waals surface area contributed by atoms with Crippen molar-refractivity contribution in [2.24, 2.45) is 5.92 Å². The first-order chi connectivity index (χ1) is 14.6. The Morgan fingerprint density at radius 1 is 1.17 bits per heavy atom. The van der Waals surface area contributed by atoms with Crippen LogP contribution < -0.4 is 16.0 Å². The minimum absolute atomic E-state index is 0.120. The molecule has 2 saturated heterocycles. The van der Waals surface area contributed by atoms with Crippen LogP contribution in [0.2, 0.25) is 5.02 Å². The van der Waals surface area contributed by atoms with Crippen LogP contribution in [0.15, 0.2) is 36.4 Å². The number of anilines is 2. The molecule has 0 aliphatic carbocycles. The number of benzene rings is 2. The number of nitrogens with two attached hydrogens (primary N) is 1. The largest absolute Gasteiger partial charge is 0.398 e. The van der Waals surface area contributed by atoms with E-state index in [2.05, 4.69) is 18.3 Å². The molecule has 0 radical (unpaired) electrons. The van der Waals surface area contributed by atoms with Gasteiger partial charge in [0.05, 0.1) is 5.02 Å². The predicted molar refractivity (Wildman–Crippen MR) is 125 cm³/mol. The van der Waals surface area contributed by atoms with E-state index >= 15 is 0 Å². The van der Waals surface area contributed by atoms with Crippen molar-refractivity contribution in [2.45, 2.75) is 32.6 Å². The molecule has 0 unspecified atom stereocenters. The summed E-state index contributed by atoms with van der Waals surface area (Å²) in [6.45, 7) is 6.63. The Morgan fingerprint density at radius 2 is 1.97 bits per heavy atom. The Morgan fingerprint density at radius 3 is 2.73 bits per heavy atom. The summed E-state index contributed by atoms with van der Waals surface area (Å²) in [5, 5.41) is 4.10. The molecule has 2 aliphatic heterocycles. The van der Waals surface area contributed by atoms with E-state index < -0.39 is 0 Å². The Labute approximate surface area is 184 Å². The van der Waals surface area contributed by atoms with Crippen molar-refractivity contribution in [1.29, 1.82) is 0 Å². The third-order valence-electron chi connectivity index (χ3n) is 6.35. The Hall–Kier alpha value is -2.24. The fourth-order valence-corrected chi connectivity index (χ4v) is 5.04. The fourth-order valence-electron chi connectivity index (χ4n) is 4.63. The maximum absolute atomic E-state index is 13.3. The van der Waals surface area contributed by atoms with E-state index in [-0.39, 0.29) is 6.03 Å². The first kappa shape index (κ1) is 21.0. The van der Waals surface area contributed by atoms with Crippen molar-refractivity contribution in [3.05, 3.63) is 47.0 Å². The molecule has 2 aliphatic rings. The quantitative estimate of drug-likeness (QED) is 0.676. The molecular weight excluding hydrogens is 396 g/mol. The lowest BCUT2D eigenvalue weighted by Crippen LogP contribution is -2.51. The van der Waals surface area contributed by atoms with E-state index in [1.165, 1.54) is 0 Å². The SMILES string of the molecule is CCc1c(N)ccc(-c2cccc(N3CCCN(CC4CCNCC4)C3=O)c2)c1Cl. The zero-order chi connectivity index (χ0) is 21.1. The minimum Gasteiger partial charge on any atom is -0.398 e. The molecule has 2 aromatic rings. The highest BCUT2D eigenvalue weighted by Crippen LogP contribution is 2.36. The number of rotatable bonds is 5. The molecule has 2 amide bonds. The van der Waals surface area contributed by atoms with Gasteiger partial charge in [0.1, 0.15) is 0 Å². The molecule has 0 spiro atoms. The number of carbonyl (C=O) groups is 1. The van der Waals surface area contributed by atoms with E-state index in [0.29, 0.717) is 10.9 Å². The zero-order valence-corrected chi connectivity index (χ0v) is 18.4. The fraction of sp³-hybridized carbons (Fsp3) is 0.458. The van der Waals surface area contributed by atoms with Gasteiger partial charge in [0.25, 0.3) is 0 Å². The van der Waals surface area contributed by atoms with E-state index in [1.807, 2.05) is 40.1 Å². The van der Waals surface area contributed by atoms with Crippen LogP contribution in [-0.2, 0) is 6.42 Å². The molecular formula is C24H31ClN4O. The van der Waals surface area contributed by atoms with Crippen LogP contribution in [-0.4, -0.2) is 43.7 Å². The minimum atomic E-state index is 0.120. The molecule has 2 fully saturated rings. The number of nitrogen functional groups attached to an aromatic ring is 1. The van der Waals surface area contributed by atoms with Gasteiger partial charge in [-0.05, 0) is 74.0 Å². The average molecular weight is 427 g/mol. The van der Waals surface area contributed by atoms with E-state index in [1.54, 1.807) is 0 Å². The summed E-state index contributed by atoms with van der Waals surface area (Å²) in [4.78, 5) is 17.2. The van der Waals surface area contributed by atoms with Crippen molar-refractivity contribution >= 4 is 29.0 Å². The number of halogens is 1. The normalized spacial score (nSPS) is 18.1. The van der Waals surface area contributed by atoms with Gasteiger partial charge < -0.3 is 16.0 Å². The lowest BCUT2D eigenvalue weighted by molar-refractivity contribution is 0.176. The number of carbonyl (C=O) groups excluding carboxylic acids is 1. The molecule has 0 aromatic heterocycles. The lowest BCUT2D eigenvalue weighted by Gasteiger charge is -2.38. The van der Waals surface area contributed by atoms with Gasteiger partial charge in [-0.2, -0.15) is 0 Å². The Bertz CT molecular complexity index is 910. The van der Waals surface area contributed by atoms with E-state index in [9.17, 15) is 4.79 Å². The molecule has 30 heavy (non-hydrogen) atoms. The maximum Gasteiger partial charge on any atom is 0.324 e. The van der Waals surface area contributed by atoms with Crippen LogP contribution in [0.5, 0.6) is 0 Å². The maximum atomic E-state index is 13.3. The number of piperidine rings is 1. The lowest BCUT2D eigenvalue weighted by atomic mass is 9.97. The van der Waals surface area contributed by atoms with Gasteiger partial charge in [-0.15, -0.1) is 0 Å². The van der Waals surface area contributed by atoms with E-state index in [0.717, 1.165) is 86.5 Å². The van der Waals surface area contributed by atoms with Crippen molar-refractivity contribution in [2.75, 3.05) is 43.4 Å². The molecule has 4 rings (SSSR count). The van der Waals surface area contributed by atoms with Gasteiger partial charge in [0.15, 0.2) is 0 Å². The molecule has 0 atom stereocenters. The van der Waals surface area contributed by atoms with Crippen molar-refractivity contribution < 1.29 is 4.79 Å². The summed E-state index contributed by atoms with van der Waals surface area (Å²) >= 11 is 6.67. The van der Waals surface area contributed by atoms with Gasteiger partial charge in [0.2, 0.25) is 0 Å². The summed E-state index contributed by atoms with van der Waals surface area (Å²) in [7, 11) is 0. The topological polar surface area (TPSA) is 61.6 Å². The first-order valence-electron chi connectivity index (χ1n) is 11.0. The van der Waals surface area contributed by atoms with Crippen LogP contribution in [0.1, 0.15) is 31.7 Å². The third-order valence-corrected chi connectivity index (χ3v) is 6.78. The number of nitrogens with one attached hydrogen (secondary N) is 1. The second-order valence-corrected chi connectivity index (χ2v) is 8.70. The van der Waals surface area contributed by atoms with Crippen molar-refractivity contribution in [3.8, 4) is 11.1 Å². The number of hydrogen-bond acceptors (Lipinski definition) is 3. The highest BCUT2D eigenvalue weighted by molar-refractivity contribution is 6.34. The van der Waals surface area contributed by atoms with Crippen LogP contribution in [0.4, 0.5) is 16.2 Å². The van der Waals surface area contributed by atoms with Gasteiger partial charge in [-0.1, -0.05) is 36.7 Å². The monoisotopic (exact) mass is 426 g/mol. The zero-order valence-electron chi connectivity index (χ0n) is 17.7. The Kier molecular flexibility index (Phi) is 6.49. The van der Waals surface area contributed by atoms with E-state index in [4.69, 9.17) is 17.3 Å². The summed E-state index contributed by atoms with van der Waals surface area (Å²) < 4.78 is 0. The highest BCUT2D eigenvalue weighted by atomic mass is 35.5. The molecule has 0 bridgehead atoms. The van der Waals surface area contributed by atoms with Crippen LogP contribution in [0.25, 0.3) is 11.1 Å². The summed E-state index contributed by atoms with van der Waals surface area (Å²) in [6, 6.07) is 12.1. The number of hydrogen-bond donors (Lipinski definition) is 2. The van der Waals surface area contributed by atoms with Crippen LogP contribution in [0, 0.1) is 5.92 Å². The standard InChI is InChI=1S/C24H31ClN4O/c1-2-20-22(26)8-7-21(23(20)25)18-5-3-6-19(15-18)29-14-4-13-28(24(29)30)16-17-9-11-27-12-10-17/h3,5-8,15,17,27H,2,4,9-14,16,26H2,1H3. The predicted octanol–water partition coefficient (Wildman–Crippen LogP) is 4.78. The number of amides is 2. The molecule has 2 aromatic carbocycles. The summed E-state index contributed by atoms with van der Waals surface area (Å²) in [5.41, 5.74) is 10.7.